The molecule has 1 aliphatic heterocycles. The molecule has 1 atom stereocenters. The summed E-state index contributed by atoms with van der Waals surface area (Å²) in [5.41, 5.74) is 0. The van der Waals surface area contributed by atoms with Gasteiger partial charge in [0, 0.05) is 64.2 Å². The fraction of sp³-hybridized carbons (Fsp3) is 0.762. The molecule has 0 aliphatic carbocycles. The van der Waals surface area contributed by atoms with E-state index in [2.05, 4.69) is 58.1 Å². The third-order valence-electron chi connectivity index (χ3n) is 5.01. The summed E-state index contributed by atoms with van der Waals surface area (Å²) < 4.78 is 0. The van der Waals surface area contributed by atoms with Crippen LogP contribution in [0.3, 0.4) is 0 Å². The largest absolute Gasteiger partial charge is 0.357 e. The quantitative estimate of drug-likeness (QED) is 0.215. The zero-order valence-electron chi connectivity index (χ0n) is 18.6. The van der Waals surface area contributed by atoms with E-state index in [1.807, 2.05) is 18.5 Å². The van der Waals surface area contributed by atoms with Crippen LogP contribution in [0, 0.1) is 5.92 Å². The Hall–Kier alpha value is -1.16. The predicted molar refractivity (Wildman–Crippen MR) is 133 cm³/mol. The number of nitrogens with one attached hydrogen (secondary N) is 2. The second kappa shape index (κ2) is 14.8. The Morgan fingerprint density at radius 1 is 1.10 bits per heavy atom. The molecule has 8 heteroatoms. The number of halogens is 1. The van der Waals surface area contributed by atoms with E-state index in [-0.39, 0.29) is 24.0 Å². The highest BCUT2D eigenvalue weighted by Gasteiger charge is 2.18. The minimum Gasteiger partial charge on any atom is -0.357 e. The number of guanidine groups is 1. The second-order valence-electron chi connectivity index (χ2n) is 8.01. The monoisotopic (exact) mass is 517 g/mol. The average Bonchev–Trinajstić information content (AvgIpc) is 2.71. The third kappa shape index (κ3) is 10.4. The van der Waals surface area contributed by atoms with Gasteiger partial charge < -0.3 is 15.5 Å². The molecule has 7 nitrogen and oxygen atoms in total. The van der Waals surface area contributed by atoms with Crippen LogP contribution >= 0.6 is 24.0 Å². The van der Waals surface area contributed by atoms with E-state index < -0.39 is 0 Å². The zero-order valence-corrected chi connectivity index (χ0v) is 20.9. The molecule has 0 bridgehead atoms. The molecule has 2 rings (SSSR count). The summed E-state index contributed by atoms with van der Waals surface area (Å²) in [4.78, 5) is 18.2. The second-order valence-corrected chi connectivity index (χ2v) is 8.01. The van der Waals surface area contributed by atoms with Crippen molar-refractivity contribution in [1.82, 2.24) is 25.5 Å². The van der Waals surface area contributed by atoms with Crippen molar-refractivity contribution in [3.05, 3.63) is 18.5 Å². The standard InChI is InChI=1S/C21H39N7.HI/c1-5-22-20(26-19(4)9-8-18(2)3)23-12-7-13-27-14-16-28(17-15-27)21-24-10-6-11-25-21;/h6,10-11,18-19H,5,7-9,12-17H2,1-4H3,(H2,22,23,26);1H. The van der Waals surface area contributed by atoms with Gasteiger partial charge in [-0.2, -0.15) is 0 Å². The summed E-state index contributed by atoms with van der Waals surface area (Å²) in [5.74, 6) is 2.54. The molecule has 0 saturated carbocycles. The maximum Gasteiger partial charge on any atom is 0.225 e. The van der Waals surface area contributed by atoms with Crippen LogP contribution in [0.5, 0.6) is 0 Å². The van der Waals surface area contributed by atoms with E-state index in [0.717, 1.165) is 70.1 Å². The molecule has 0 spiro atoms. The number of aromatic nitrogens is 2. The number of rotatable bonds is 10. The SMILES string of the molecule is CCNC(=NCCCN1CCN(c2ncccn2)CC1)NC(C)CCC(C)C.I. The molecule has 0 aromatic carbocycles. The Balaban J connectivity index is 0.00000420. The normalized spacial score (nSPS) is 16.4. The van der Waals surface area contributed by atoms with Crippen LogP contribution in [0.15, 0.2) is 23.5 Å². The fourth-order valence-electron chi connectivity index (χ4n) is 3.32. The van der Waals surface area contributed by atoms with Crippen molar-refractivity contribution in [1.29, 1.82) is 0 Å². The highest BCUT2D eigenvalue weighted by Crippen LogP contribution is 2.10. The van der Waals surface area contributed by atoms with Crippen molar-refractivity contribution in [2.24, 2.45) is 10.9 Å². The van der Waals surface area contributed by atoms with E-state index in [9.17, 15) is 0 Å². The summed E-state index contributed by atoms with van der Waals surface area (Å²) in [6.07, 6.45) is 7.13. The number of hydrogen-bond acceptors (Lipinski definition) is 5. The van der Waals surface area contributed by atoms with Crippen LogP contribution in [0.2, 0.25) is 0 Å². The number of nitrogens with zero attached hydrogens (tertiary/aromatic N) is 5. The lowest BCUT2D eigenvalue weighted by atomic mass is 10.0. The number of piperazine rings is 1. The lowest BCUT2D eigenvalue weighted by molar-refractivity contribution is 0.255. The van der Waals surface area contributed by atoms with E-state index in [1.54, 1.807) is 0 Å². The van der Waals surface area contributed by atoms with E-state index in [0.29, 0.717) is 6.04 Å². The van der Waals surface area contributed by atoms with Gasteiger partial charge in [0.25, 0.3) is 0 Å². The first-order valence-corrected chi connectivity index (χ1v) is 10.9. The van der Waals surface area contributed by atoms with Crippen LogP contribution in [0.1, 0.15) is 47.0 Å². The Kier molecular flexibility index (Phi) is 13.2. The molecule has 1 aromatic rings. The lowest BCUT2D eigenvalue weighted by Gasteiger charge is -2.34. The minimum atomic E-state index is 0. The van der Waals surface area contributed by atoms with Gasteiger partial charge in [-0.25, -0.2) is 9.97 Å². The summed E-state index contributed by atoms with van der Waals surface area (Å²) in [5, 5.41) is 6.91. The molecule has 1 fully saturated rings. The van der Waals surface area contributed by atoms with Gasteiger partial charge in [0.2, 0.25) is 5.95 Å². The van der Waals surface area contributed by atoms with Crippen LogP contribution in [-0.2, 0) is 0 Å². The Morgan fingerprint density at radius 3 is 2.41 bits per heavy atom. The first kappa shape index (κ1) is 25.9. The maximum atomic E-state index is 4.76. The molecule has 1 saturated heterocycles. The molecule has 2 heterocycles. The smallest absolute Gasteiger partial charge is 0.225 e. The van der Waals surface area contributed by atoms with Crippen LogP contribution in [-0.4, -0.2) is 72.7 Å². The van der Waals surface area contributed by atoms with Crippen molar-refractivity contribution in [3.63, 3.8) is 0 Å². The van der Waals surface area contributed by atoms with Crippen molar-refractivity contribution in [2.45, 2.75) is 53.0 Å². The number of anilines is 1. The lowest BCUT2D eigenvalue weighted by Crippen LogP contribution is -2.47. The van der Waals surface area contributed by atoms with E-state index in [1.165, 1.54) is 12.8 Å². The molecular weight excluding hydrogens is 477 g/mol. The Labute approximate surface area is 194 Å². The van der Waals surface area contributed by atoms with Crippen molar-refractivity contribution in [2.75, 3.05) is 50.7 Å². The van der Waals surface area contributed by atoms with Gasteiger partial charge >= 0.3 is 0 Å². The van der Waals surface area contributed by atoms with Gasteiger partial charge in [-0.15, -0.1) is 24.0 Å². The van der Waals surface area contributed by atoms with E-state index in [4.69, 9.17) is 4.99 Å². The Morgan fingerprint density at radius 2 is 1.79 bits per heavy atom. The summed E-state index contributed by atoms with van der Waals surface area (Å²) in [6.45, 7) is 15.9. The minimum absolute atomic E-state index is 0. The van der Waals surface area contributed by atoms with Crippen molar-refractivity contribution in [3.8, 4) is 0 Å². The fourth-order valence-corrected chi connectivity index (χ4v) is 3.32. The molecule has 0 radical (unpaired) electrons. The van der Waals surface area contributed by atoms with Crippen molar-refractivity contribution < 1.29 is 0 Å². The summed E-state index contributed by atoms with van der Waals surface area (Å²) in [6, 6.07) is 2.32. The molecule has 0 amide bonds. The number of hydrogen-bond donors (Lipinski definition) is 2. The first-order valence-electron chi connectivity index (χ1n) is 10.9. The molecule has 2 N–H and O–H groups in total. The van der Waals surface area contributed by atoms with Gasteiger partial charge in [0.05, 0.1) is 0 Å². The molecular formula is C21H40IN7. The van der Waals surface area contributed by atoms with Gasteiger partial charge in [-0.1, -0.05) is 13.8 Å². The molecule has 1 unspecified atom stereocenters. The highest BCUT2D eigenvalue weighted by atomic mass is 127. The van der Waals surface area contributed by atoms with Gasteiger partial charge in [-0.3, -0.25) is 9.89 Å². The summed E-state index contributed by atoms with van der Waals surface area (Å²) in [7, 11) is 0. The number of aliphatic imine (C=N–C) groups is 1. The van der Waals surface area contributed by atoms with Crippen LogP contribution in [0.25, 0.3) is 0 Å². The van der Waals surface area contributed by atoms with Gasteiger partial charge in [0.15, 0.2) is 5.96 Å². The Bertz CT molecular complexity index is 559. The van der Waals surface area contributed by atoms with Crippen molar-refractivity contribution >= 4 is 35.9 Å². The summed E-state index contributed by atoms with van der Waals surface area (Å²) >= 11 is 0. The average molecular weight is 518 g/mol. The molecule has 1 aromatic heterocycles. The maximum absolute atomic E-state index is 4.76. The topological polar surface area (TPSA) is 68.7 Å². The first-order chi connectivity index (χ1) is 13.6. The van der Waals surface area contributed by atoms with Crippen LogP contribution < -0.4 is 15.5 Å². The third-order valence-corrected chi connectivity index (χ3v) is 5.01. The van der Waals surface area contributed by atoms with Crippen LogP contribution in [0.4, 0.5) is 5.95 Å². The van der Waals surface area contributed by atoms with Gasteiger partial charge in [-0.05, 0) is 45.1 Å². The molecule has 166 valence electrons. The molecule has 1 aliphatic rings. The zero-order chi connectivity index (χ0) is 20.2. The van der Waals surface area contributed by atoms with Gasteiger partial charge in [0.1, 0.15) is 0 Å². The molecule has 29 heavy (non-hydrogen) atoms. The van der Waals surface area contributed by atoms with E-state index >= 15 is 0 Å². The highest BCUT2D eigenvalue weighted by molar-refractivity contribution is 14.0. The predicted octanol–water partition coefficient (Wildman–Crippen LogP) is 2.99.